The van der Waals surface area contributed by atoms with Gasteiger partial charge in [0.15, 0.2) is 0 Å². The van der Waals surface area contributed by atoms with Crippen molar-refractivity contribution in [2.24, 2.45) is 0 Å². The van der Waals surface area contributed by atoms with E-state index in [4.69, 9.17) is 0 Å². The van der Waals surface area contributed by atoms with Gasteiger partial charge in [0.1, 0.15) is 0 Å². The molecule has 8 rings (SSSR count). The van der Waals surface area contributed by atoms with Gasteiger partial charge in [0.25, 0.3) is 0 Å². The molecule has 0 N–H and O–H groups in total. The molecule has 0 saturated carbocycles. The highest BCUT2D eigenvalue weighted by Crippen LogP contribution is 2.55. The summed E-state index contributed by atoms with van der Waals surface area (Å²) < 4.78 is 0. The molecule has 0 atom stereocenters. The Morgan fingerprint density at radius 2 is 0.733 bits per heavy atom. The lowest BCUT2D eigenvalue weighted by Gasteiger charge is -2.40. The van der Waals surface area contributed by atoms with Gasteiger partial charge in [-0.1, -0.05) is 109 Å². The largest absolute Gasteiger partial charge is 0.310 e. The van der Waals surface area contributed by atoms with E-state index in [-0.39, 0.29) is 0 Å². The SMILES string of the molecule is c1ccc(-c2cc(N3c4ccccc4N(c4ccccc4)c4ccccc43)ccc2N(c2ccccc2)c2ccccc2)cc1. The molecular formula is C42H31N3. The molecule has 0 saturated heterocycles. The first-order chi connectivity index (χ1) is 22.4. The van der Waals surface area contributed by atoms with Gasteiger partial charge in [-0.2, -0.15) is 0 Å². The van der Waals surface area contributed by atoms with E-state index in [9.17, 15) is 0 Å². The zero-order valence-corrected chi connectivity index (χ0v) is 24.7. The highest BCUT2D eigenvalue weighted by atomic mass is 15.3. The lowest BCUT2D eigenvalue weighted by Crippen LogP contribution is -2.24. The van der Waals surface area contributed by atoms with Crippen molar-refractivity contribution in [2.75, 3.05) is 14.7 Å². The molecule has 0 spiro atoms. The third kappa shape index (κ3) is 4.81. The van der Waals surface area contributed by atoms with Crippen LogP contribution in [0, 0.1) is 0 Å². The molecule has 1 aliphatic rings. The maximum Gasteiger partial charge on any atom is 0.0703 e. The molecule has 3 heteroatoms. The van der Waals surface area contributed by atoms with Crippen LogP contribution in [0.1, 0.15) is 0 Å². The van der Waals surface area contributed by atoms with Crippen molar-refractivity contribution in [3.63, 3.8) is 0 Å². The third-order valence-corrected chi connectivity index (χ3v) is 8.33. The monoisotopic (exact) mass is 577 g/mol. The average molecular weight is 578 g/mol. The molecule has 0 unspecified atom stereocenters. The van der Waals surface area contributed by atoms with Gasteiger partial charge >= 0.3 is 0 Å². The van der Waals surface area contributed by atoms with Crippen LogP contribution in [0.4, 0.5) is 51.2 Å². The average Bonchev–Trinajstić information content (AvgIpc) is 3.12. The fourth-order valence-corrected chi connectivity index (χ4v) is 6.37. The number of para-hydroxylation sites is 7. The molecule has 0 bridgehead atoms. The van der Waals surface area contributed by atoms with E-state index in [0.717, 1.165) is 62.3 Å². The van der Waals surface area contributed by atoms with Gasteiger partial charge in [0, 0.05) is 28.3 Å². The summed E-state index contributed by atoms with van der Waals surface area (Å²) in [4.78, 5) is 7.11. The minimum atomic E-state index is 1.10. The maximum absolute atomic E-state index is 2.40. The third-order valence-electron chi connectivity index (χ3n) is 8.33. The Kier molecular flexibility index (Phi) is 6.82. The minimum Gasteiger partial charge on any atom is -0.310 e. The Bertz CT molecular complexity index is 1970. The normalized spacial score (nSPS) is 11.9. The van der Waals surface area contributed by atoms with Crippen LogP contribution < -0.4 is 14.7 Å². The first kappa shape index (κ1) is 26.6. The molecule has 1 heterocycles. The zero-order chi connectivity index (χ0) is 30.0. The van der Waals surface area contributed by atoms with Crippen LogP contribution in [0.5, 0.6) is 0 Å². The van der Waals surface area contributed by atoms with Crippen molar-refractivity contribution in [2.45, 2.75) is 0 Å². The first-order valence-corrected chi connectivity index (χ1v) is 15.3. The molecule has 0 radical (unpaired) electrons. The smallest absolute Gasteiger partial charge is 0.0703 e. The molecule has 3 nitrogen and oxygen atoms in total. The van der Waals surface area contributed by atoms with E-state index < -0.39 is 0 Å². The summed E-state index contributed by atoms with van der Waals surface area (Å²) in [5.74, 6) is 0. The summed E-state index contributed by atoms with van der Waals surface area (Å²) in [6.07, 6.45) is 0. The first-order valence-electron chi connectivity index (χ1n) is 15.3. The summed E-state index contributed by atoms with van der Waals surface area (Å²) in [7, 11) is 0. The highest BCUT2D eigenvalue weighted by molar-refractivity contribution is 6.02. The second-order valence-electron chi connectivity index (χ2n) is 11.1. The van der Waals surface area contributed by atoms with E-state index in [1.807, 2.05) is 0 Å². The van der Waals surface area contributed by atoms with Gasteiger partial charge in [0.2, 0.25) is 0 Å². The molecule has 0 aliphatic carbocycles. The number of hydrogen-bond donors (Lipinski definition) is 0. The van der Waals surface area contributed by atoms with Crippen LogP contribution in [0.2, 0.25) is 0 Å². The summed E-state index contributed by atoms with van der Waals surface area (Å²) in [5.41, 5.74) is 12.4. The van der Waals surface area contributed by atoms with Crippen LogP contribution in [0.3, 0.4) is 0 Å². The molecule has 0 amide bonds. The number of hydrogen-bond acceptors (Lipinski definition) is 3. The summed E-state index contributed by atoms with van der Waals surface area (Å²) in [6, 6.07) is 66.8. The highest BCUT2D eigenvalue weighted by Gasteiger charge is 2.30. The minimum absolute atomic E-state index is 1.10. The Morgan fingerprint density at radius 1 is 0.333 bits per heavy atom. The summed E-state index contributed by atoms with van der Waals surface area (Å²) in [5, 5.41) is 0. The van der Waals surface area contributed by atoms with Gasteiger partial charge in [-0.05, 0) is 84.4 Å². The van der Waals surface area contributed by atoms with Crippen molar-refractivity contribution in [1.29, 1.82) is 0 Å². The molecule has 0 aromatic heterocycles. The lowest BCUT2D eigenvalue weighted by atomic mass is 9.99. The van der Waals surface area contributed by atoms with Crippen LogP contribution in [-0.2, 0) is 0 Å². The predicted molar refractivity (Wildman–Crippen MR) is 189 cm³/mol. The molecule has 214 valence electrons. The van der Waals surface area contributed by atoms with E-state index in [1.165, 1.54) is 0 Å². The number of benzene rings is 7. The quantitative estimate of drug-likeness (QED) is 0.195. The topological polar surface area (TPSA) is 9.72 Å². The standard InChI is InChI=1S/C42H31N3/c1-5-17-32(18-6-1)37-31-36(29-30-38(37)43(33-19-7-2-8-20-33)34-21-9-3-10-22-34)45-41-27-15-13-25-39(41)44(35-23-11-4-12-24-35)40-26-14-16-28-42(40)45/h1-31H. The zero-order valence-electron chi connectivity index (χ0n) is 24.7. The lowest BCUT2D eigenvalue weighted by molar-refractivity contribution is 1.17. The Morgan fingerprint density at radius 3 is 1.22 bits per heavy atom. The van der Waals surface area contributed by atoms with Crippen molar-refractivity contribution in [1.82, 2.24) is 0 Å². The van der Waals surface area contributed by atoms with Crippen LogP contribution >= 0.6 is 0 Å². The second kappa shape index (κ2) is 11.6. The van der Waals surface area contributed by atoms with Gasteiger partial charge in [-0.15, -0.1) is 0 Å². The number of nitrogens with zero attached hydrogens (tertiary/aromatic N) is 3. The van der Waals surface area contributed by atoms with Gasteiger partial charge in [-0.25, -0.2) is 0 Å². The molecular weight excluding hydrogens is 546 g/mol. The summed E-state index contributed by atoms with van der Waals surface area (Å²) >= 11 is 0. The van der Waals surface area contributed by atoms with E-state index in [2.05, 4.69) is 203 Å². The van der Waals surface area contributed by atoms with Gasteiger partial charge in [-0.3, -0.25) is 0 Å². The molecule has 45 heavy (non-hydrogen) atoms. The fourth-order valence-electron chi connectivity index (χ4n) is 6.37. The van der Waals surface area contributed by atoms with Gasteiger partial charge in [0.05, 0.1) is 28.4 Å². The Hall–Kier alpha value is -6.06. The summed E-state index contributed by atoms with van der Waals surface area (Å²) in [6.45, 7) is 0. The fraction of sp³-hybridized carbons (Fsp3) is 0. The van der Waals surface area contributed by atoms with Crippen LogP contribution in [-0.4, -0.2) is 0 Å². The molecule has 7 aromatic rings. The van der Waals surface area contributed by atoms with E-state index in [1.54, 1.807) is 0 Å². The maximum atomic E-state index is 2.40. The van der Waals surface area contributed by atoms with Crippen LogP contribution in [0.25, 0.3) is 11.1 Å². The molecule has 0 fully saturated rings. The van der Waals surface area contributed by atoms with Crippen molar-refractivity contribution in [3.05, 3.63) is 188 Å². The number of fused-ring (bicyclic) bond motifs is 2. The second-order valence-corrected chi connectivity index (χ2v) is 11.1. The predicted octanol–water partition coefficient (Wildman–Crippen LogP) is 12.1. The van der Waals surface area contributed by atoms with Crippen molar-refractivity contribution >= 4 is 51.2 Å². The van der Waals surface area contributed by atoms with Crippen molar-refractivity contribution in [3.8, 4) is 11.1 Å². The van der Waals surface area contributed by atoms with E-state index >= 15 is 0 Å². The Balaban J connectivity index is 1.35. The Labute approximate surface area is 264 Å². The van der Waals surface area contributed by atoms with Gasteiger partial charge < -0.3 is 14.7 Å². The molecule has 7 aromatic carbocycles. The number of rotatable bonds is 6. The van der Waals surface area contributed by atoms with Crippen molar-refractivity contribution < 1.29 is 0 Å². The number of anilines is 9. The van der Waals surface area contributed by atoms with E-state index in [0.29, 0.717) is 0 Å². The van der Waals surface area contributed by atoms with Crippen LogP contribution in [0.15, 0.2) is 188 Å². The molecule has 1 aliphatic heterocycles.